The number of rotatable bonds is 3. The van der Waals surface area contributed by atoms with Gasteiger partial charge >= 0.3 is 6.18 Å². The van der Waals surface area contributed by atoms with Gasteiger partial charge in [-0.1, -0.05) is 24.3 Å². The van der Waals surface area contributed by atoms with Crippen molar-refractivity contribution in [2.24, 2.45) is 7.05 Å². The number of nitrogens with zero attached hydrogens (tertiary/aromatic N) is 6. The fourth-order valence-corrected chi connectivity index (χ4v) is 2.89. The Balaban J connectivity index is 1.61. The van der Waals surface area contributed by atoms with E-state index >= 15 is 0 Å². The third kappa shape index (κ3) is 3.37. The van der Waals surface area contributed by atoms with Gasteiger partial charge in [-0.25, -0.2) is 14.6 Å². The second kappa shape index (κ2) is 6.34. The molecule has 138 valence electrons. The highest BCUT2D eigenvalue weighted by Crippen LogP contribution is 2.30. The van der Waals surface area contributed by atoms with Crippen LogP contribution in [0.3, 0.4) is 0 Å². The van der Waals surface area contributed by atoms with E-state index in [1.165, 1.54) is 11.6 Å². The molecule has 27 heavy (non-hydrogen) atoms. The van der Waals surface area contributed by atoms with Gasteiger partial charge in [0.1, 0.15) is 5.82 Å². The normalized spacial score (nSPS) is 12.0. The summed E-state index contributed by atoms with van der Waals surface area (Å²) in [5.74, 6) is 0.248. The highest BCUT2D eigenvalue weighted by Gasteiger charge is 2.34. The van der Waals surface area contributed by atoms with Crippen LogP contribution in [0.4, 0.5) is 13.2 Å². The number of hydrogen-bond acceptors (Lipinski definition) is 4. The Labute approximate surface area is 156 Å². The van der Waals surface area contributed by atoms with E-state index in [2.05, 4.69) is 20.1 Å². The first-order valence-electron chi connectivity index (χ1n) is 7.85. The zero-order valence-corrected chi connectivity index (χ0v) is 14.7. The molecule has 0 fully saturated rings. The van der Waals surface area contributed by atoms with E-state index in [-0.39, 0.29) is 11.1 Å². The van der Waals surface area contributed by atoms with E-state index in [1.54, 1.807) is 29.2 Å². The van der Waals surface area contributed by atoms with Crippen molar-refractivity contribution in [2.45, 2.75) is 12.7 Å². The molecule has 0 radical (unpaired) electrons. The number of imidazole rings is 1. The smallest absolute Gasteiger partial charge is 0.333 e. The molecule has 0 saturated carbocycles. The standard InChI is InChI=1S/C17H12ClF3N6/c1-26-9-13(17(19,20)21)24-14(26)11-4-2-10(3-5-11)8-27-15-12(7-23-27)6-22-16(18)25-15/h2-7,9H,8H2,1H3. The lowest BCUT2D eigenvalue weighted by molar-refractivity contribution is -0.140. The third-order valence-electron chi connectivity index (χ3n) is 4.06. The molecular weight excluding hydrogens is 381 g/mol. The van der Waals surface area contributed by atoms with Crippen LogP contribution in [0, 0.1) is 0 Å². The van der Waals surface area contributed by atoms with Gasteiger partial charge in [0.05, 0.1) is 18.1 Å². The summed E-state index contributed by atoms with van der Waals surface area (Å²) in [5, 5.41) is 5.17. The van der Waals surface area contributed by atoms with Gasteiger partial charge in [0.2, 0.25) is 5.28 Å². The van der Waals surface area contributed by atoms with Crippen LogP contribution >= 0.6 is 11.6 Å². The van der Waals surface area contributed by atoms with Crippen molar-refractivity contribution < 1.29 is 13.2 Å². The Kier molecular flexibility index (Phi) is 4.11. The maximum absolute atomic E-state index is 12.8. The van der Waals surface area contributed by atoms with Crippen LogP contribution in [0.25, 0.3) is 22.4 Å². The number of halogens is 4. The Morgan fingerprint density at radius 3 is 2.48 bits per heavy atom. The van der Waals surface area contributed by atoms with Crippen LogP contribution in [0.15, 0.2) is 42.9 Å². The summed E-state index contributed by atoms with van der Waals surface area (Å²) in [5.41, 5.74) is 1.19. The van der Waals surface area contributed by atoms with Gasteiger partial charge in [0.15, 0.2) is 11.3 Å². The predicted octanol–water partition coefficient (Wildman–Crippen LogP) is 3.95. The minimum Gasteiger partial charge on any atom is -0.333 e. The molecule has 6 nitrogen and oxygen atoms in total. The first-order valence-corrected chi connectivity index (χ1v) is 8.23. The summed E-state index contributed by atoms with van der Waals surface area (Å²) < 4.78 is 41.5. The number of benzene rings is 1. The minimum atomic E-state index is -4.47. The largest absolute Gasteiger partial charge is 0.434 e. The molecule has 0 aliphatic rings. The van der Waals surface area contributed by atoms with Crippen molar-refractivity contribution >= 4 is 22.6 Å². The molecule has 0 aliphatic heterocycles. The van der Waals surface area contributed by atoms with Crippen molar-refractivity contribution in [3.8, 4) is 11.4 Å². The third-order valence-corrected chi connectivity index (χ3v) is 4.24. The van der Waals surface area contributed by atoms with Gasteiger partial charge in [0.25, 0.3) is 0 Å². The van der Waals surface area contributed by atoms with Crippen LogP contribution in [-0.2, 0) is 19.8 Å². The first-order chi connectivity index (χ1) is 12.8. The highest BCUT2D eigenvalue weighted by atomic mass is 35.5. The van der Waals surface area contributed by atoms with E-state index in [0.29, 0.717) is 17.8 Å². The first kappa shape index (κ1) is 17.5. The van der Waals surface area contributed by atoms with Crippen LogP contribution < -0.4 is 0 Å². The van der Waals surface area contributed by atoms with Crippen LogP contribution in [0.5, 0.6) is 0 Å². The number of aryl methyl sites for hydroxylation is 1. The average Bonchev–Trinajstić information content (AvgIpc) is 3.19. The molecule has 1 aromatic carbocycles. The second-order valence-corrected chi connectivity index (χ2v) is 6.31. The average molecular weight is 393 g/mol. The van der Waals surface area contributed by atoms with Crippen molar-refractivity contribution in [1.82, 2.24) is 29.3 Å². The Bertz CT molecular complexity index is 1110. The molecule has 0 aliphatic carbocycles. The molecule has 0 amide bonds. The molecule has 0 N–H and O–H groups in total. The molecule has 3 heterocycles. The summed E-state index contributed by atoms with van der Waals surface area (Å²) in [6.45, 7) is 0.436. The van der Waals surface area contributed by atoms with Crippen LogP contribution in [-0.4, -0.2) is 29.3 Å². The zero-order chi connectivity index (χ0) is 19.2. The van der Waals surface area contributed by atoms with Gasteiger partial charge in [0, 0.05) is 25.0 Å². The number of aromatic nitrogens is 6. The summed E-state index contributed by atoms with van der Waals surface area (Å²) in [4.78, 5) is 11.8. The number of fused-ring (bicyclic) bond motifs is 1. The summed E-state index contributed by atoms with van der Waals surface area (Å²) in [7, 11) is 1.53. The van der Waals surface area contributed by atoms with Crippen LogP contribution in [0.1, 0.15) is 11.3 Å². The van der Waals surface area contributed by atoms with Gasteiger partial charge in [-0.2, -0.15) is 23.3 Å². The second-order valence-electron chi connectivity index (χ2n) is 5.98. The molecule has 3 aromatic heterocycles. The molecular formula is C17H12ClF3N6. The monoisotopic (exact) mass is 392 g/mol. The van der Waals surface area contributed by atoms with Gasteiger partial charge in [-0.05, 0) is 17.2 Å². The van der Waals surface area contributed by atoms with Crippen molar-refractivity contribution in [2.75, 3.05) is 0 Å². The lowest BCUT2D eigenvalue weighted by Gasteiger charge is -2.06. The van der Waals surface area contributed by atoms with Gasteiger partial charge in [-0.15, -0.1) is 0 Å². The summed E-state index contributed by atoms with van der Waals surface area (Å²) in [6, 6.07) is 7.08. The van der Waals surface area contributed by atoms with E-state index < -0.39 is 11.9 Å². The molecule has 0 atom stereocenters. The maximum atomic E-state index is 12.8. The van der Waals surface area contributed by atoms with E-state index in [9.17, 15) is 13.2 Å². The molecule has 4 aromatic rings. The summed E-state index contributed by atoms with van der Waals surface area (Å²) >= 11 is 5.84. The minimum absolute atomic E-state index is 0.134. The molecule has 0 saturated heterocycles. The highest BCUT2D eigenvalue weighted by molar-refractivity contribution is 6.28. The fourth-order valence-electron chi connectivity index (χ4n) is 2.76. The SMILES string of the molecule is Cn1cc(C(F)(F)F)nc1-c1ccc(Cn2ncc3cnc(Cl)nc32)cc1. The Hall–Kier alpha value is -2.94. The molecule has 0 spiro atoms. The lowest BCUT2D eigenvalue weighted by atomic mass is 10.1. The molecule has 0 unspecified atom stereocenters. The van der Waals surface area contributed by atoms with Gasteiger partial charge < -0.3 is 4.57 Å². The van der Waals surface area contributed by atoms with Crippen molar-refractivity contribution in [3.05, 3.63) is 59.4 Å². The number of hydrogen-bond donors (Lipinski definition) is 0. The van der Waals surface area contributed by atoms with Crippen molar-refractivity contribution in [3.63, 3.8) is 0 Å². The Morgan fingerprint density at radius 2 is 1.81 bits per heavy atom. The maximum Gasteiger partial charge on any atom is 0.434 e. The topological polar surface area (TPSA) is 61.4 Å². The molecule has 4 rings (SSSR count). The molecule has 10 heteroatoms. The summed E-state index contributed by atoms with van der Waals surface area (Å²) in [6.07, 6.45) is -0.258. The van der Waals surface area contributed by atoms with Gasteiger partial charge in [-0.3, -0.25) is 0 Å². The fraction of sp³-hybridized carbons (Fsp3) is 0.176. The zero-order valence-electron chi connectivity index (χ0n) is 13.9. The number of alkyl halides is 3. The predicted molar refractivity (Wildman–Crippen MR) is 93.1 cm³/mol. The van der Waals surface area contributed by atoms with E-state index in [0.717, 1.165) is 17.1 Å². The quantitative estimate of drug-likeness (QED) is 0.495. The van der Waals surface area contributed by atoms with E-state index in [4.69, 9.17) is 11.6 Å². The lowest BCUT2D eigenvalue weighted by Crippen LogP contribution is -2.05. The van der Waals surface area contributed by atoms with Crippen LogP contribution in [0.2, 0.25) is 5.28 Å². The molecule has 0 bridgehead atoms. The van der Waals surface area contributed by atoms with E-state index in [1.807, 2.05) is 12.1 Å². The Morgan fingerprint density at radius 1 is 1.07 bits per heavy atom. The van der Waals surface area contributed by atoms with Crippen molar-refractivity contribution in [1.29, 1.82) is 0 Å².